The molecule has 0 unspecified atom stereocenters. The molecule has 158 valence electrons. The Balaban J connectivity index is 1.51. The molecule has 0 saturated carbocycles. The summed E-state index contributed by atoms with van der Waals surface area (Å²) in [6.07, 6.45) is 5.35. The number of pyridine rings is 1. The predicted octanol–water partition coefficient (Wildman–Crippen LogP) is 3.56. The second-order valence-electron chi connectivity index (χ2n) is 7.28. The second-order valence-corrected chi connectivity index (χ2v) is 7.28. The van der Waals surface area contributed by atoms with E-state index in [0.717, 1.165) is 29.6 Å². The Bertz CT molecular complexity index is 1010. The van der Waals surface area contributed by atoms with Crippen molar-refractivity contribution in [2.75, 3.05) is 18.5 Å². The van der Waals surface area contributed by atoms with Gasteiger partial charge in [0.05, 0.1) is 31.2 Å². The highest BCUT2D eigenvalue weighted by Crippen LogP contribution is 2.19. The first-order valence-corrected chi connectivity index (χ1v) is 10.1. The van der Waals surface area contributed by atoms with Crippen LogP contribution in [0.4, 0.5) is 5.69 Å². The highest BCUT2D eigenvalue weighted by Gasteiger charge is 2.11. The number of carbonyl (C=O) groups is 2. The van der Waals surface area contributed by atoms with Crippen molar-refractivity contribution in [3.05, 3.63) is 48.3 Å². The Kier molecular flexibility index (Phi) is 7.00. The maximum Gasteiger partial charge on any atom is 0.251 e. The van der Waals surface area contributed by atoms with E-state index in [4.69, 9.17) is 4.74 Å². The molecule has 2 amide bonds. The zero-order valence-corrected chi connectivity index (χ0v) is 17.5. The quantitative estimate of drug-likeness (QED) is 0.527. The predicted molar refractivity (Wildman–Crippen MR) is 116 cm³/mol. The summed E-state index contributed by atoms with van der Waals surface area (Å²) in [5, 5.41) is 10.5. The molecule has 3 aromatic rings. The molecule has 0 spiro atoms. The molecule has 0 aliphatic carbocycles. The van der Waals surface area contributed by atoms with Gasteiger partial charge in [-0.2, -0.15) is 5.10 Å². The molecule has 2 heterocycles. The molecule has 0 aliphatic heterocycles. The number of fused-ring (bicyclic) bond motifs is 1. The van der Waals surface area contributed by atoms with Crippen molar-refractivity contribution in [2.45, 2.75) is 39.7 Å². The Morgan fingerprint density at radius 2 is 1.93 bits per heavy atom. The van der Waals surface area contributed by atoms with Crippen LogP contribution in [0.15, 0.2) is 42.7 Å². The van der Waals surface area contributed by atoms with Crippen molar-refractivity contribution in [1.29, 1.82) is 0 Å². The van der Waals surface area contributed by atoms with Gasteiger partial charge < -0.3 is 15.4 Å². The maximum atomic E-state index is 12.3. The molecule has 2 aromatic heterocycles. The van der Waals surface area contributed by atoms with Crippen LogP contribution < -0.4 is 15.4 Å². The fraction of sp³-hybridized carbons (Fsp3) is 0.364. The number of benzene rings is 1. The van der Waals surface area contributed by atoms with Crippen LogP contribution >= 0.6 is 0 Å². The number of rotatable bonds is 9. The van der Waals surface area contributed by atoms with Crippen LogP contribution in [0.5, 0.6) is 5.75 Å². The van der Waals surface area contributed by atoms with E-state index in [2.05, 4.69) is 27.6 Å². The minimum Gasteiger partial charge on any atom is -0.494 e. The van der Waals surface area contributed by atoms with E-state index in [1.165, 1.54) is 0 Å². The molecule has 2 N–H and O–H groups in total. The Hall–Kier alpha value is -3.42. The van der Waals surface area contributed by atoms with E-state index < -0.39 is 0 Å². The first kappa shape index (κ1) is 21.3. The lowest BCUT2D eigenvalue weighted by molar-refractivity contribution is -0.115. The molecule has 1 aromatic carbocycles. The van der Waals surface area contributed by atoms with Crippen molar-refractivity contribution in [3.63, 3.8) is 0 Å². The third-order valence-corrected chi connectivity index (χ3v) is 4.50. The molecule has 0 atom stereocenters. The lowest BCUT2D eigenvalue weighted by Gasteiger charge is -2.09. The summed E-state index contributed by atoms with van der Waals surface area (Å²) < 4.78 is 7.40. The fourth-order valence-electron chi connectivity index (χ4n) is 2.89. The van der Waals surface area contributed by atoms with Crippen molar-refractivity contribution < 1.29 is 14.3 Å². The number of ether oxygens (including phenoxy) is 1. The van der Waals surface area contributed by atoms with Gasteiger partial charge in [-0.1, -0.05) is 13.3 Å². The molecule has 8 nitrogen and oxygen atoms in total. The minimum atomic E-state index is -0.333. The van der Waals surface area contributed by atoms with Crippen LogP contribution in [-0.2, 0) is 4.79 Å². The summed E-state index contributed by atoms with van der Waals surface area (Å²) in [6.45, 7) is 6.67. The highest BCUT2D eigenvalue weighted by atomic mass is 16.5. The van der Waals surface area contributed by atoms with Gasteiger partial charge in [-0.25, -0.2) is 9.67 Å². The summed E-state index contributed by atoms with van der Waals surface area (Å²) in [4.78, 5) is 28.8. The van der Waals surface area contributed by atoms with Gasteiger partial charge in [0.25, 0.3) is 5.91 Å². The monoisotopic (exact) mass is 409 g/mol. The molecule has 0 saturated heterocycles. The molecular weight excluding hydrogens is 382 g/mol. The Morgan fingerprint density at radius 3 is 2.63 bits per heavy atom. The van der Waals surface area contributed by atoms with Gasteiger partial charge in [0.2, 0.25) is 5.91 Å². The van der Waals surface area contributed by atoms with Crippen LogP contribution in [0.25, 0.3) is 11.0 Å². The van der Waals surface area contributed by atoms with E-state index in [9.17, 15) is 9.59 Å². The van der Waals surface area contributed by atoms with E-state index in [1.807, 2.05) is 24.6 Å². The van der Waals surface area contributed by atoms with Crippen molar-refractivity contribution in [2.24, 2.45) is 0 Å². The fourth-order valence-corrected chi connectivity index (χ4v) is 2.89. The summed E-state index contributed by atoms with van der Waals surface area (Å²) in [5.74, 6) is 0.0683. The zero-order chi connectivity index (χ0) is 21.5. The van der Waals surface area contributed by atoms with Gasteiger partial charge in [-0.05, 0) is 50.6 Å². The van der Waals surface area contributed by atoms with Crippen LogP contribution in [0.1, 0.15) is 50.0 Å². The van der Waals surface area contributed by atoms with E-state index >= 15 is 0 Å². The lowest BCUT2D eigenvalue weighted by atomic mass is 10.2. The first-order valence-electron chi connectivity index (χ1n) is 10.1. The Morgan fingerprint density at radius 1 is 1.17 bits per heavy atom. The van der Waals surface area contributed by atoms with Gasteiger partial charge in [0, 0.05) is 17.0 Å². The first-order chi connectivity index (χ1) is 14.5. The minimum absolute atomic E-state index is 0.142. The average molecular weight is 409 g/mol. The van der Waals surface area contributed by atoms with Crippen molar-refractivity contribution in [3.8, 4) is 5.75 Å². The average Bonchev–Trinajstić information content (AvgIpc) is 3.16. The number of carbonyl (C=O) groups excluding carboxylic acids is 2. The third kappa shape index (κ3) is 5.34. The molecular formula is C22H27N5O3. The molecule has 0 bridgehead atoms. The largest absolute Gasteiger partial charge is 0.494 e. The summed E-state index contributed by atoms with van der Waals surface area (Å²) in [7, 11) is 0. The number of hydrogen-bond acceptors (Lipinski definition) is 5. The number of nitrogens with zero attached hydrogens (tertiary/aromatic N) is 3. The Labute approximate surface area is 175 Å². The molecule has 30 heavy (non-hydrogen) atoms. The molecule has 0 radical (unpaired) electrons. The van der Waals surface area contributed by atoms with E-state index in [0.29, 0.717) is 17.9 Å². The SMILES string of the molecule is CCCCOc1ccc(C(=O)NCC(=O)Nc2cnc3c(cnn3C(C)C)c2)cc1. The summed E-state index contributed by atoms with van der Waals surface area (Å²) >= 11 is 0. The van der Waals surface area contributed by atoms with Gasteiger partial charge in [-0.3, -0.25) is 9.59 Å². The van der Waals surface area contributed by atoms with Crippen LogP contribution in [0.3, 0.4) is 0 Å². The van der Waals surface area contributed by atoms with Gasteiger partial charge in [0.15, 0.2) is 5.65 Å². The van der Waals surface area contributed by atoms with E-state index in [-0.39, 0.29) is 24.4 Å². The third-order valence-electron chi connectivity index (χ3n) is 4.50. The van der Waals surface area contributed by atoms with E-state index in [1.54, 1.807) is 36.7 Å². The molecule has 3 rings (SSSR count). The topological polar surface area (TPSA) is 98.1 Å². The van der Waals surface area contributed by atoms with Crippen LogP contribution in [0, 0.1) is 0 Å². The molecule has 8 heteroatoms. The number of amides is 2. The second kappa shape index (κ2) is 9.87. The van der Waals surface area contributed by atoms with Gasteiger partial charge in [-0.15, -0.1) is 0 Å². The normalized spacial score (nSPS) is 10.9. The number of hydrogen-bond donors (Lipinski definition) is 2. The van der Waals surface area contributed by atoms with Crippen LogP contribution in [0.2, 0.25) is 0 Å². The van der Waals surface area contributed by atoms with Gasteiger partial charge >= 0.3 is 0 Å². The summed E-state index contributed by atoms with van der Waals surface area (Å²) in [6, 6.07) is 8.87. The zero-order valence-electron chi connectivity index (χ0n) is 17.5. The van der Waals surface area contributed by atoms with Crippen LogP contribution in [-0.4, -0.2) is 39.7 Å². The highest BCUT2D eigenvalue weighted by molar-refractivity contribution is 5.99. The number of unbranched alkanes of at least 4 members (excludes halogenated alkanes) is 1. The summed E-state index contributed by atoms with van der Waals surface area (Å²) in [5.41, 5.74) is 1.78. The van der Waals surface area contributed by atoms with Crippen molar-refractivity contribution >= 4 is 28.5 Å². The molecule has 0 aliphatic rings. The smallest absolute Gasteiger partial charge is 0.251 e. The molecule has 0 fully saturated rings. The standard InChI is InChI=1S/C22H27N5O3/c1-4-5-10-30-19-8-6-16(7-9-19)22(29)24-14-20(28)26-18-11-17-12-25-27(15(2)3)21(17)23-13-18/h6-9,11-13,15H,4-5,10,14H2,1-3H3,(H,24,29)(H,26,28). The number of aromatic nitrogens is 3. The van der Waals surface area contributed by atoms with Crippen molar-refractivity contribution in [1.82, 2.24) is 20.1 Å². The maximum absolute atomic E-state index is 12.3. The number of anilines is 1. The lowest BCUT2D eigenvalue weighted by Crippen LogP contribution is -2.32. The van der Waals surface area contributed by atoms with Gasteiger partial charge in [0.1, 0.15) is 5.75 Å². The number of nitrogens with one attached hydrogen (secondary N) is 2.